The molecule has 0 amide bonds. The number of fused-ring (bicyclic) bond motifs is 3. The Labute approximate surface area is 92.8 Å². The lowest BCUT2D eigenvalue weighted by Crippen LogP contribution is -2.66. The minimum absolute atomic E-state index is 0.776. The number of hydrogen-bond acceptors (Lipinski definition) is 3. The Kier molecular flexibility index (Phi) is 2.71. The summed E-state index contributed by atoms with van der Waals surface area (Å²) in [6.07, 6.45) is 2.92. The molecule has 4 rings (SSSR count). The molecule has 2 atom stereocenters. The summed E-state index contributed by atoms with van der Waals surface area (Å²) in [5.74, 6) is 0.982. The minimum atomic E-state index is 0.776. The van der Waals surface area contributed by atoms with Crippen LogP contribution in [0.15, 0.2) is 0 Å². The Morgan fingerprint density at radius 1 is 1.20 bits per heavy atom. The summed E-state index contributed by atoms with van der Waals surface area (Å²) in [7, 11) is 0. The topological polar surface area (TPSA) is 18.5 Å². The van der Waals surface area contributed by atoms with E-state index in [1.165, 1.54) is 45.6 Å². The lowest BCUT2D eigenvalue weighted by atomic mass is 9.96. The maximum Gasteiger partial charge on any atom is 0.0380 e. The SMILES string of the molecule is CCNC(C1CC1)C1CN2CCN1CC2. The Hall–Kier alpha value is -0.120. The van der Waals surface area contributed by atoms with Crippen molar-refractivity contribution in [2.24, 2.45) is 5.92 Å². The van der Waals surface area contributed by atoms with E-state index in [2.05, 4.69) is 22.0 Å². The Bertz CT molecular complexity index is 219. The average Bonchev–Trinajstić information content (AvgIpc) is 3.11. The molecule has 3 heteroatoms. The van der Waals surface area contributed by atoms with Crippen LogP contribution in [0.2, 0.25) is 0 Å². The number of nitrogens with one attached hydrogen (secondary N) is 1. The molecule has 4 fully saturated rings. The Morgan fingerprint density at radius 3 is 2.40 bits per heavy atom. The summed E-state index contributed by atoms with van der Waals surface area (Å²) >= 11 is 0. The highest BCUT2D eigenvalue weighted by atomic mass is 15.4. The van der Waals surface area contributed by atoms with Gasteiger partial charge in [-0.1, -0.05) is 6.92 Å². The van der Waals surface area contributed by atoms with E-state index in [1.54, 1.807) is 0 Å². The van der Waals surface area contributed by atoms with Crippen LogP contribution in [0.1, 0.15) is 19.8 Å². The van der Waals surface area contributed by atoms with Gasteiger partial charge in [0.1, 0.15) is 0 Å². The van der Waals surface area contributed by atoms with Crippen molar-refractivity contribution in [2.45, 2.75) is 31.8 Å². The molecule has 0 radical (unpaired) electrons. The summed E-state index contributed by atoms with van der Waals surface area (Å²) in [6, 6.07) is 1.58. The van der Waals surface area contributed by atoms with Gasteiger partial charge in [0.15, 0.2) is 0 Å². The molecule has 0 spiro atoms. The van der Waals surface area contributed by atoms with E-state index in [1.807, 2.05) is 0 Å². The largest absolute Gasteiger partial charge is 0.312 e. The number of rotatable bonds is 4. The number of likely N-dealkylation sites (N-methyl/N-ethyl adjacent to an activating group) is 1. The van der Waals surface area contributed by atoms with Gasteiger partial charge in [-0.3, -0.25) is 9.80 Å². The molecule has 1 N–H and O–H groups in total. The molecular formula is C12H23N3. The first kappa shape index (κ1) is 10.1. The van der Waals surface area contributed by atoms with Crippen molar-refractivity contribution < 1.29 is 0 Å². The molecule has 0 aromatic carbocycles. The van der Waals surface area contributed by atoms with Gasteiger partial charge in [-0.25, -0.2) is 0 Å². The lowest BCUT2D eigenvalue weighted by molar-refractivity contribution is -0.00642. The molecule has 0 aromatic rings. The second-order valence-electron chi connectivity index (χ2n) is 5.32. The van der Waals surface area contributed by atoms with E-state index in [0.717, 1.165) is 24.5 Å². The highest BCUT2D eigenvalue weighted by molar-refractivity contribution is 5.00. The zero-order valence-corrected chi connectivity index (χ0v) is 9.78. The standard InChI is InChI=1S/C12H23N3/c1-2-13-12(10-3-4-10)11-9-14-5-7-15(11)8-6-14/h10-13H,2-9H2,1H3. The van der Waals surface area contributed by atoms with Crippen molar-refractivity contribution in [3.8, 4) is 0 Å². The first-order chi connectivity index (χ1) is 7.38. The molecule has 3 aliphatic heterocycles. The predicted octanol–water partition coefficient (Wildman–Crippen LogP) is 0.374. The van der Waals surface area contributed by atoms with E-state index >= 15 is 0 Å². The minimum Gasteiger partial charge on any atom is -0.312 e. The summed E-state index contributed by atoms with van der Waals surface area (Å²) in [6.45, 7) is 9.91. The Balaban J connectivity index is 1.68. The van der Waals surface area contributed by atoms with Crippen LogP contribution in [0.4, 0.5) is 0 Å². The molecule has 0 aromatic heterocycles. The van der Waals surface area contributed by atoms with Crippen molar-refractivity contribution in [3.63, 3.8) is 0 Å². The van der Waals surface area contributed by atoms with Gasteiger partial charge in [0.05, 0.1) is 0 Å². The van der Waals surface area contributed by atoms with Crippen LogP contribution >= 0.6 is 0 Å². The number of hydrogen-bond donors (Lipinski definition) is 1. The van der Waals surface area contributed by atoms with Gasteiger partial charge in [-0.2, -0.15) is 0 Å². The van der Waals surface area contributed by atoms with Crippen LogP contribution in [-0.2, 0) is 0 Å². The van der Waals surface area contributed by atoms with Crippen LogP contribution in [0, 0.1) is 5.92 Å². The molecule has 3 saturated heterocycles. The van der Waals surface area contributed by atoms with Crippen molar-refractivity contribution in [1.82, 2.24) is 15.1 Å². The predicted molar refractivity (Wildman–Crippen MR) is 62.0 cm³/mol. The molecular weight excluding hydrogens is 186 g/mol. The fourth-order valence-corrected chi connectivity index (χ4v) is 3.31. The monoisotopic (exact) mass is 209 g/mol. The third-order valence-electron chi connectivity index (χ3n) is 4.31. The van der Waals surface area contributed by atoms with E-state index in [4.69, 9.17) is 0 Å². The molecule has 3 nitrogen and oxygen atoms in total. The van der Waals surface area contributed by atoms with Crippen molar-refractivity contribution in [2.75, 3.05) is 39.3 Å². The molecule has 2 bridgehead atoms. The number of piperazine rings is 3. The zero-order valence-electron chi connectivity index (χ0n) is 9.78. The lowest BCUT2D eigenvalue weighted by Gasteiger charge is -2.50. The molecule has 4 aliphatic rings. The van der Waals surface area contributed by atoms with Gasteiger partial charge >= 0.3 is 0 Å². The van der Waals surface area contributed by atoms with E-state index < -0.39 is 0 Å². The van der Waals surface area contributed by atoms with Crippen LogP contribution < -0.4 is 5.32 Å². The normalized spacial score (nSPS) is 41.8. The van der Waals surface area contributed by atoms with Crippen LogP contribution in [0.5, 0.6) is 0 Å². The fourth-order valence-electron chi connectivity index (χ4n) is 3.31. The summed E-state index contributed by atoms with van der Waals surface area (Å²) in [4.78, 5) is 5.38. The molecule has 15 heavy (non-hydrogen) atoms. The van der Waals surface area contributed by atoms with Gasteiger partial charge in [0, 0.05) is 44.8 Å². The summed E-state index contributed by atoms with van der Waals surface area (Å²) in [5, 5.41) is 3.73. The van der Waals surface area contributed by atoms with Crippen LogP contribution in [0.25, 0.3) is 0 Å². The van der Waals surface area contributed by atoms with Crippen molar-refractivity contribution >= 4 is 0 Å². The number of nitrogens with zero attached hydrogens (tertiary/aromatic N) is 2. The van der Waals surface area contributed by atoms with E-state index in [9.17, 15) is 0 Å². The first-order valence-corrected chi connectivity index (χ1v) is 6.58. The average molecular weight is 209 g/mol. The summed E-state index contributed by atoms with van der Waals surface area (Å²) < 4.78 is 0. The van der Waals surface area contributed by atoms with Gasteiger partial charge < -0.3 is 5.32 Å². The van der Waals surface area contributed by atoms with Gasteiger partial charge in [-0.15, -0.1) is 0 Å². The van der Waals surface area contributed by atoms with Gasteiger partial charge in [0.25, 0.3) is 0 Å². The molecule has 3 heterocycles. The smallest absolute Gasteiger partial charge is 0.0380 e. The second kappa shape index (κ2) is 4.04. The van der Waals surface area contributed by atoms with Crippen molar-refractivity contribution in [3.05, 3.63) is 0 Å². The zero-order chi connectivity index (χ0) is 10.3. The highest BCUT2D eigenvalue weighted by Crippen LogP contribution is 2.36. The van der Waals surface area contributed by atoms with Gasteiger partial charge in [-0.05, 0) is 25.3 Å². The van der Waals surface area contributed by atoms with E-state index in [-0.39, 0.29) is 0 Å². The molecule has 86 valence electrons. The third kappa shape index (κ3) is 1.93. The van der Waals surface area contributed by atoms with Gasteiger partial charge in [0.2, 0.25) is 0 Å². The maximum atomic E-state index is 3.73. The maximum absolute atomic E-state index is 3.73. The molecule has 2 unspecified atom stereocenters. The van der Waals surface area contributed by atoms with Crippen molar-refractivity contribution in [1.29, 1.82) is 0 Å². The first-order valence-electron chi connectivity index (χ1n) is 6.58. The highest BCUT2D eigenvalue weighted by Gasteiger charge is 2.42. The molecule has 1 aliphatic carbocycles. The fraction of sp³-hybridized carbons (Fsp3) is 1.00. The van der Waals surface area contributed by atoms with Crippen LogP contribution in [0.3, 0.4) is 0 Å². The van der Waals surface area contributed by atoms with Crippen LogP contribution in [-0.4, -0.2) is 61.2 Å². The third-order valence-corrected chi connectivity index (χ3v) is 4.31. The second-order valence-corrected chi connectivity index (χ2v) is 5.32. The molecule has 1 saturated carbocycles. The summed E-state index contributed by atoms with van der Waals surface area (Å²) in [5.41, 5.74) is 0. The van der Waals surface area contributed by atoms with E-state index in [0.29, 0.717) is 0 Å². The Morgan fingerprint density at radius 2 is 1.93 bits per heavy atom. The quantitative estimate of drug-likeness (QED) is 0.722.